The van der Waals surface area contributed by atoms with Crippen LogP contribution in [0.15, 0.2) is 89.5 Å². The van der Waals surface area contributed by atoms with Crippen molar-refractivity contribution in [1.82, 2.24) is 0 Å². The fraction of sp³-hybridized carbons (Fsp3) is 0.483. The topological polar surface area (TPSA) is 6.48 Å². The Hall–Kier alpha value is -4.02. The van der Waals surface area contributed by atoms with Crippen molar-refractivity contribution in [2.24, 2.45) is 0 Å². The minimum absolute atomic E-state index is 0.0111. The average molecular weight is 839 g/mol. The molecule has 3 aliphatic carbocycles. The third-order valence-corrected chi connectivity index (χ3v) is 17.6. The van der Waals surface area contributed by atoms with Crippen molar-refractivity contribution >= 4 is 61.1 Å². The Morgan fingerprint density at radius 2 is 1.23 bits per heavy atom. The van der Waals surface area contributed by atoms with Crippen LogP contribution in [0.2, 0.25) is 0 Å². The highest BCUT2D eigenvalue weighted by Crippen LogP contribution is 2.57. The Balaban J connectivity index is 1.36. The molecule has 3 heterocycles. The zero-order valence-electron chi connectivity index (χ0n) is 40.9. The summed E-state index contributed by atoms with van der Waals surface area (Å²) in [7, 11) is 0. The van der Waals surface area contributed by atoms with Crippen LogP contribution in [0.4, 0.5) is 22.1 Å². The molecule has 322 valence electrons. The zero-order valence-corrected chi connectivity index (χ0v) is 41.7. The molecule has 0 spiro atoms. The van der Waals surface area contributed by atoms with E-state index in [1.54, 1.807) is 16.6 Å². The van der Waals surface area contributed by atoms with Gasteiger partial charge in [0, 0.05) is 27.5 Å². The van der Waals surface area contributed by atoms with Gasteiger partial charge in [-0.05, 0) is 170 Å². The molecule has 5 aliphatic rings. The van der Waals surface area contributed by atoms with Crippen molar-refractivity contribution in [1.29, 1.82) is 0 Å². The highest BCUT2D eigenvalue weighted by molar-refractivity contribution is 7.26. The summed E-state index contributed by atoms with van der Waals surface area (Å²) in [6.45, 7) is 39.1. The van der Waals surface area contributed by atoms with E-state index >= 15 is 0 Å². The van der Waals surface area contributed by atoms with E-state index in [0.717, 1.165) is 6.42 Å². The largest absolute Gasteiger partial charge is 0.327 e. The van der Waals surface area contributed by atoms with Gasteiger partial charge in [0.1, 0.15) is 0 Å². The lowest BCUT2D eigenvalue weighted by molar-refractivity contribution is 0.331. The molecular formula is C58H71BN2S. The lowest BCUT2D eigenvalue weighted by Crippen LogP contribution is -2.61. The minimum Gasteiger partial charge on any atom is -0.327 e. The number of anilines is 4. The van der Waals surface area contributed by atoms with Crippen molar-refractivity contribution in [2.45, 2.75) is 181 Å². The maximum atomic E-state index is 2.84. The first-order valence-corrected chi connectivity index (χ1v) is 24.6. The first-order chi connectivity index (χ1) is 28.8. The third kappa shape index (κ3) is 6.14. The molecular weight excluding hydrogens is 768 g/mol. The maximum Gasteiger partial charge on any atom is 0.249 e. The summed E-state index contributed by atoms with van der Waals surface area (Å²) >= 11 is 2.02. The number of thiophene rings is 1. The number of rotatable bonds is 2. The van der Waals surface area contributed by atoms with E-state index in [1.807, 2.05) is 11.3 Å². The van der Waals surface area contributed by atoms with E-state index in [9.17, 15) is 0 Å². The Bertz CT molecular complexity index is 2770. The second-order valence-corrected chi connectivity index (χ2v) is 25.9. The average Bonchev–Trinajstić information content (AvgIpc) is 3.56. The molecule has 1 unspecified atom stereocenters. The van der Waals surface area contributed by atoms with Crippen LogP contribution in [0.3, 0.4) is 0 Å². The number of aryl methyl sites for hydroxylation is 1. The van der Waals surface area contributed by atoms with Gasteiger partial charge < -0.3 is 9.80 Å². The number of hydrogen-bond donors (Lipinski definition) is 0. The van der Waals surface area contributed by atoms with Gasteiger partial charge in [-0.25, -0.2) is 0 Å². The number of hydrogen-bond acceptors (Lipinski definition) is 3. The van der Waals surface area contributed by atoms with Crippen LogP contribution in [-0.2, 0) is 32.5 Å². The van der Waals surface area contributed by atoms with E-state index in [4.69, 9.17) is 0 Å². The molecule has 0 N–H and O–H groups in total. The molecule has 1 atom stereocenters. The van der Waals surface area contributed by atoms with Crippen molar-refractivity contribution in [3.05, 3.63) is 128 Å². The van der Waals surface area contributed by atoms with Gasteiger partial charge >= 0.3 is 0 Å². The molecule has 0 amide bonds. The number of nitrogens with zero attached hydrogens (tertiary/aromatic N) is 2. The molecule has 0 fully saturated rings. The smallest absolute Gasteiger partial charge is 0.249 e. The molecule has 0 saturated heterocycles. The first kappa shape index (κ1) is 42.0. The Morgan fingerprint density at radius 1 is 0.645 bits per heavy atom. The second-order valence-electron chi connectivity index (χ2n) is 24.9. The summed E-state index contributed by atoms with van der Waals surface area (Å²) in [6, 6.07) is 27.7. The normalized spacial score (nSPS) is 21.8. The lowest BCUT2D eigenvalue weighted by Gasteiger charge is -2.52. The summed E-state index contributed by atoms with van der Waals surface area (Å²) in [5.41, 5.74) is 22.4. The molecule has 4 aromatic carbocycles. The van der Waals surface area contributed by atoms with Crippen molar-refractivity contribution in [3.63, 3.8) is 0 Å². The van der Waals surface area contributed by atoms with Crippen LogP contribution >= 0.6 is 11.3 Å². The van der Waals surface area contributed by atoms with Gasteiger partial charge in [-0.1, -0.05) is 145 Å². The second kappa shape index (κ2) is 13.3. The standard InChI is InChI=1S/C58H71BN2S/c1-34-29-45-50-46(30-34)61(44-33-42-41(31-35(44)2)56(11,12)25-26-57(42,13)14)51-43(23-22-40-48(51)58(15,16)28-27-55(40,9)10)59(50)49-39-32-37(54(6,7)8)19-24-47(39)62-52(49)60(45)38-20-17-36(18-21-38)53(3,4)5/h17-24,30-33,45H,25-29H2,1-16H3. The maximum absolute atomic E-state index is 2.84. The monoisotopic (exact) mass is 839 g/mol. The van der Waals surface area contributed by atoms with Gasteiger partial charge in [0.15, 0.2) is 0 Å². The molecule has 1 aromatic heterocycles. The minimum atomic E-state index is 0.0111. The van der Waals surface area contributed by atoms with Crippen LogP contribution in [-0.4, -0.2) is 12.8 Å². The summed E-state index contributed by atoms with van der Waals surface area (Å²) in [6.07, 6.45) is 8.42. The molecule has 0 bridgehead atoms. The van der Waals surface area contributed by atoms with Crippen LogP contribution in [0, 0.1) is 6.92 Å². The summed E-state index contributed by atoms with van der Waals surface area (Å²) in [5.74, 6) is 0. The van der Waals surface area contributed by atoms with Crippen molar-refractivity contribution in [3.8, 4) is 0 Å². The summed E-state index contributed by atoms with van der Waals surface area (Å²) in [4.78, 5) is 5.62. The van der Waals surface area contributed by atoms with Crippen molar-refractivity contribution in [2.75, 3.05) is 9.80 Å². The van der Waals surface area contributed by atoms with Gasteiger partial charge in [-0.2, -0.15) is 0 Å². The summed E-state index contributed by atoms with van der Waals surface area (Å²) < 4.78 is 1.39. The van der Waals surface area contributed by atoms with Crippen LogP contribution in [0.5, 0.6) is 0 Å². The first-order valence-electron chi connectivity index (χ1n) is 23.8. The molecule has 5 aromatic rings. The Kier molecular flexibility index (Phi) is 8.99. The molecule has 2 aliphatic heterocycles. The zero-order chi connectivity index (χ0) is 44.4. The Morgan fingerprint density at radius 3 is 1.85 bits per heavy atom. The number of fused-ring (bicyclic) bond motifs is 9. The lowest BCUT2D eigenvalue weighted by atomic mass is 9.31. The van der Waals surface area contributed by atoms with Gasteiger partial charge in [-0.3, -0.25) is 0 Å². The van der Waals surface area contributed by atoms with E-state index in [2.05, 4.69) is 193 Å². The van der Waals surface area contributed by atoms with E-state index < -0.39 is 0 Å². The summed E-state index contributed by atoms with van der Waals surface area (Å²) in [5, 5.41) is 2.86. The van der Waals surface area contributed by atoms with Gasteiger partial charge in [0.05, 0.1) is 11.0 Å². The van der Waals surface area contributed by atoms with E-state index in [1.165, 1.54) is 108 Å². The molecule has 10 rings (SSSR count). The third-order valence-electron chi connectivity index (χ3n) is 16.4. The molecule has 62 heavy (non-hydrogen) atoms. The fourth-order valence-corrected chi connectivity index (χ4v) is 13.6. The molecule has 2 nitrogen and oxygen atoms in total. The number of benzene rings is 4. The van der Waals surface area contributed by atoms with Crippen LogP contribution in [0.1, 0.15) is 175 Å². The van der Waals surface area contributed by atoms with Gasteiger partial charge in [-0.15, -0.1) is 11.3 Å². The van der Waals surface area contributed by atoms with E-state index in [-0.39, 0.29) is 45.2 Å². The van der Waals surface area contributed by atoms with E-state index in [0.29, 0.717) is 0 Å². The van der Waals surface area contributed by atoms with Crippen LogP contribution < -0.4 is 20.7 Å². The highest BCUT2D eigenvalue weighted by Gasteiger charge is 2.53. The predicted molar refractivity (Wildman–Crippen MR) is 272 cm³/mol. The fourth-order valence-electron chi connectivity index (χ4n) is 12.3. The van der Waals surface area contributed by atoms with Crippen molar-refractivity contribution < 1.29 is 0 Å². The Labute approximate surface area is 379 Å². The molecule has 4 heteroatoms. The van der Waals surface area contributed by atoms with Gasteiger partial charge in [0.25, 0.3) is 0 Å². The highest BCUT2D eigenvalue weighted by atomic mass is 32.1. The van der Waals surface area contributed by atoms with Crippen LogP contribution in [0.25, 0.3) is 10.1 Å². The predicted octanol–water partition coefficient (Wildman–Crippen LogP) is 14.9. The number of allylic oxidation sites excluding steroid dienone is 1. The molecule has 0 radical (unpaired) electrons. The molecule has 0 saturated carbocycles. The van der Waals surface area contributed by atoms with Gasteiger partial charge in [0.2, 0.25) is 6.71 Å². The SMILES string of the molecule is CC1=CC2=C3B(c4ccc5c(c4N2c2cc4c(cc2C)C(C)(C)CCC4(C)C)C(C)(C)CCC5(C)C)c2c(sc4ccc(C(C)(C)C)cc24)N(c2ccc(C(C)(C)C)cc2)C3C1. The quantitative estimate of drug-likeness (QED) is 0.163.